The Balaban J connectivity index is 2.97. The van der Waals surface area contributed by atoms with Gasteiger partial charge in [-0.3, -0.25) is 0 Å². The van der Waals surface area contributed by atoms with Crippen molar-refractivity contribution < 1.29 is 9.52 Å². The van der Waals surface area contributed by atoms with Gasteiger partial charge < -0.3 is 15.3 Å². The van der Waals surface area contributed by atoms with E-state index in [0.29, 0.717) is 17.0 Å². The van der Waals surface area contributed by atoms with E-state index < -0.39 is 6.10 Å². The minimum absolute atomic E-state index is 0.350. The Kier molecular flexibility index (Phi) is 4.40. The van der Waals surface area contributed by atoms with Crippen LogP contribution in [0.5, 0.6) is 0 Å². The summed E-state index contributed by atoms with van der Waals surface area (Å²) in [5.74, 6) is 0.531. The van der Waals surface area contributed by atoms with E-state index in [1.165, 1.54) is 0 Å². The minimum Gasteiger partial charge on any atom is -0.450 e. The third kappa shape index (κ3) is 2.64. The van der Waals surface area contributed by atoms with Crippen molar-refractivity contribution in [3.05, 3.63) is 21.0 Å². The van der Waals surface area contributed by atoms with E-state index in [2.05, 4.69) is 31.9 Å². The normalized spacial score (nSPS) is 17.5. The molecular formula is C10H15Br2NO2. The summed E-state index contributed by atoms with van der Waals surface area (Å²) in [6.07, 6.45) is 0.107. The minimum atomic E-state index is -0.685. The van der Waals surface area contributed by atoms with Gasteiger partial charge in [0.1, 0.15) is 11.9 Å². The molecule has 1 aromatic heterocycles. The van der Waals surface area contributed by atoms with Gasteiger partial charge in [-0.05, 0) is 44.3 Å². The third-order valence-electron chi connectivity index (χ3n) is 2.87. The average Bonchev–Trinajstić information content (AvgIpc) is 2.57. The molecule has 5 heteroatoms. The highest BCUT2D eigenvalue weighted by atomic mass is 79.9. The molecule has 0 bridgehead atoms. The largest absolute Gasteiger partial charge is 0.450 e. The molecule has 2 atom stereocenters. The predicted molar refractivity (Wildman–Crippen MR) is 66.5 cm³/mol. The molecule has 0 aliphatic heterocycles. The molecule has 1 heterocycles. The van der Waals surface area contributed by atoms with E-state index in [1.807, 2.05) is 13.8 Å². The number of rotatable bonds is 4. The van der Waals surface area contributed by atoms with Gasteiger partial charge in [0.05, 0.1) is 4.47 Å². The van der Waals surface area contributed by atoms with E-state index in [4.69, 9.17) is 10.2 Å². The van der Waals surface area contributed by atoms with Gasteiger partial charge in [-0.2, -0.15) is 0 Å². The number of nitrogens with two attached hydrogens (primary N) is 1. The Morgan fingerprint density at radius 2 is 2.20 bits per heavy atom. The predicted octanol–water partition coefficient (Wildman–Crippen LogP) is 3.21. The van der Waals surface area contributed by atoms with Crippen LogP contribution in [0.15, 0.2) is 19.6 Å². The molecule has 0 aliphatic rings. The highest BCUT2D eigenvalue weighted by molar-refractivity contribution is 9.13. The van der Waals surface area contributed by atoms with E-state index >= 15 is 0 Å². The van der Waals surface area contributed by atoms with Crippen LogP contribution in [0.2, 0.25) is 0 Å². The Morgan fingerprint density at radius 1 is 1.60 bits per heavy atom. The third-order valence-corrected chi connectivity index (χ3v) is 4.58. The van der Waals surface area contributed by atoms with Crippen LogP contribution in [0, 0.1) is 5.41 Å². The fraction of sp³-hybridized carbons (Fsp3) is 0.600. The van der Waals surface area contributed by atoms with Crippen molar-refractivity contribution in [1.82, 2.24) is 0 Å². The van der Waals surface area contributed by atoms with Crippen LogP contribution in [-0.2, 0) is 0 Å². The van der Waals surface area contributed by atoms with Gasteiger partial charge in [0.2, 0.25) is 0 Å². The van der Waals surface area contributed by atoms with Crippen molar-refractivity contribution in [3.63, 3.8) is 0 Å². The summed E-state index contributed by atoms with van der Waals surface area (Å²) in [5, 5.41) is 10.2. The zero-order valence-corrected chi connectivity index (χ0v) is 11.9. The maximum atomic E-state index is 10.2. The number of hydrogen-bond acceptors (Lipinski definition) is 3. The fourth-order valence-corrected chi connectivity index (χ4v) is 1.90. The van der Waals surface area contributed by atoms with E-state index in [-0.39, 0.29) is 5.41 Å². The van der Waals surface area contributed by atoms with Crippen LogP contribution in [0.25, 0.3) is 0 Å². The lowest BCUT2D eigenvalue weighted by atomic mass is 9.80. The second kappa shape index (κ2) is 4.99. The first-order valence-electron chi connectivity index (χ1n) is 4.77. The highest BCUT2D eigenvalue weighted by Crippen LogP contribution is 2.39. The van der Waals surface area contributed by atoms with Crippen LogP contribution in [0.1, 0.15) is 32.1 Å². The van der Waals surface area contributed by atoms with Gasteiger partial charge >= 0.3 is 0 Å². The number of aliphatic hydroxyl groups excluding tert-OH is 1. The van der Waals surface area contributed by atoms with Crippen LogP contribution in [0.3, 0.4) is 0 Å². The summed E-state index contributed by atoms with van der Waals surface area (Å²) in [7, 11) is 0. The van der Waals surface area contributed by atoms with Gasteiger partial charge in [-0.25, -0.2) is 0 Å². The lowest BCUT2D eigenvalue weighted by molar-refractivity contribution is 0.0213. The lowest BCUT2D eigenvalue weighted by Crippen LogP contribution is -2.33. The zero-order valence-electron chi connectivity index (χ0n) is 8.76. The summed E-state index contributed by atoms with van der Waals surface area (Å²) >= 11 is 6.55. The number of halogens is 2. The first-order valence-corrected chi connectivity index (χ1v) is 6.36. The van der Waals surface area contributed by atoms with Gasteiger partial charge in [0, 0.05) is 12.0 Å². The van der Waals surface area contributed by atoms with Crippen molar-refractivity contribution in [1.29, 1.82) is 0 Å². The molecule has 0 spiro atoms. The first-order chi connectivity index (χ1) is 6.94. The number of furan rings is 1. The van der Waals surface area contributed by atoms with Crippen LogP contribution in [-0.4, -0.2) is 11.7 Å². The van der Waals surface area contributed by atoms with Crippen molar-refractivity contribution in [2.45, 2.75) is 26.4 Å². The Labute approximate surface area is 106 Å². The van der Waals surface area contributed by atoms with Crippen molar-refractivity contribution in [2.24, 2.45) is 11.1 Å². The molecule has 0 radical (unpaired) electrons. The molecule has 86 valence electrons. The smallest absolute Gasteiger partial charge is 0.183 e. The average molecular weight is 341 g/mol. The molecule has 0 aromatic carbocycles. The second-order valence-corrected chi connectivity index (χ2v) is 5.46. The van der Waals surface area contributed by atoms with E-state index in [0.717, 1.165) is 10.9 Å². The Bertz CT molecular complexity index is 315. The monoisotopic (exact) mass is 339 g/mol. The van der Waals surface area contributed by atoms with Gasteiger partial charge in [0.25, 0.3) is 0 Å². The lowest BCUT2D eigenvalue weighted by Gasteiger charge is -2.30. The Morgan fingerprint density at radius 3 is 2.53 bits per heavy atom. The van der Waals surface area contributed by atoms with E-state index in [1.54, 1.807) is 6.07 Å². The van der Waals surface area contributed by atoms with E-state index in [9.17, 15) is 5.11 Å². The number of hydrogen-bond donors (Lipinski definition) is 2. The van der Waals surface area contributed by atoms with Crippen molar-refractivity contribution >= 4 is 31.9 Å². The molecule has 1 aromatic rings. The molecule has 1 rings (SSSR count). The fourth-order valence-electron chi connectivity index (χ4n) is 1.29. The SMILES string of the molecule is CCC(C)(CN)C(O)c1cc(Br)c(Br)o1. The van der Waals surface area contributed by atoms with Crippen LogP contribution < -0.4 is 5.73 Å². The molecule has 0 aliphatic carbocycles. The zero-order chi connectivity index (χ0) is 11.6. The Hall–Kier alpha value is 0.160. The highest BCUT2D eigenvalue weighted by Gasteiger charge is 2.33. The van der Waals surface area contributed by atoms with Gasteiger partial charge in [-0.15, -0.1) is 0 Å². The summed E-state index contributed by atoms with van der Waals surface area (Å²) < 4.78 is 6.78. The van der Waals surface area contributed by atoms with Crippen LogP contribution >= 0.6 is 31.9 Å². The molecule has 3 nitrogen and oxygen atoms in total. The molecule has 2 unspecified atom stereocenters. The summed E-state index contributed by atoms with van der Waals surface area (Å²) in [6, 6.07) is 1.76. The van der Waals surface area contributed by atoms with Crippen molar-refractivity contribution in [2.75, 3.05) is 6.54 Å². The molecule has 0 saturated heterocycles. The van der Waals surface area contributed by atoms with Gasteiger partial charge in [-0.1, -0.05) is 13.8 Å². The summed E-state index contributed by atoms with van der Waals surface area (Å²) in [6.45, 7) is 4.37. The maximum Gasteiger partial charge on any atom is 0.183 e. The summed E-state index contributed by atoms with van der Waals surface area (Å²) in [4.78, 5) is 0. The first kappa shape index (κ1) is 13.2. The molecule has 0 saturated carbocycles. The molecule has 3 N–H and O–H groups in total. The standard InChI is InChI=1S/C10H15Br2NO2/c1-3-10(2,5-13)8(14)7-4-6(11)9(12)15-7/h4,8,14H,3,5,13H2,1-2H3. The maximum absolute atomic E-state index is 10.2. The quantitative estimate of drug-likeness (QED) is 0.884. The molecular weight excluding hydrogens is 326 g/mol. The van der Waals surface area contributed by atoms with Crippen molar-refractivity contribution in [3.8, 4) is 0 Å². The molecule has 15 heavy (non-hydrogen) atoms. The second-order valence-electron chi connectivity index (χ2n) is 3.88. The molecule has 0 amide bonds. The topological polar surface area (TPSA) is 59.4 Å². The van der Waals surface area contributed by atoms with Crippen LogP contribution in [0.4, 0.5) is 0 Å². The number of aliphatic hydroxyl groups is 1. The summed E-state index contributed by atoms with van der Waals surface area (Å²) in [5.41, 5.74) is 5.33. The molecule has 0 fully saturated rings. The van der Waals surface area contributed by atoms with Gasteiger partial charge in [0.15, 0.2) is 4.67 Å².